The molecule has 0 amide bonds. The van der Waals surface area contributed by atoms with Crippen LogP contribution in [0.5, 0.6) is 5.75 Å². The Morgan fingerprint density at radius 3 is 2.11 bits per heavy atom. The molecule has 0 bridgehead atoms. The van der Waals surface area contributed by atoms with Crippen molar-refractivity contribution in [3.05, 3.63) is 65.2 Å². The van der Waals surface area contributed by atoms with Crippen LogP contribution < -0.4 is 4.74 Å². The maximum atomic E-state index is 15.1. The van der Waals surface area contributed by atoms with Crippen LogP contribution in [0.25, 0.3) is 11.1 Å². The minimum atomic E-state index is -1.24. The summed E-state index contributed by atoms with van der Waals surface area (Å²) in [6, 6.07) is 5.36. The van der Waals surface area contributed by atoms with Gasteiger partial charge in [-0.3, -0.25) is 0 Å². The van der Waals surface area contributed by atoms with E-state index in [9.17, 15) is 8.78 Å². The molecule has 1 saturated heterocycles. The Balaban J connectivity index is 1.39. The molecular formula is C29H34F4OS2. The summed E-state index contributed by atoms with van der Waals surface area (Å²) in [4.78, 5) is 0. The molecule has 0 radical (unpaired) electrons. The standard InChI is InChI=1S/C29H34F4OS2/c1-3-5-6-7-18-8-10-19(11-9-18)29-35-16-20(17-36-29)21-12-13-22(26(31)25(21)30)23-14-15-24(34-4-2)28(33)27(23)32/h6-7,12-15,18-20,29H,3-5,8-11,16-17H2,1-2H3/b7-6+. The van der Waals surface area contributed by atoms with Crippen LogP contribution in [0.15, 0.2) is 36.4 Å². The summed E-state index contributed by atoms with van der Waals surface area (Å²) in [5.41, 5.74) is -0.285. The Labute approximate surface area is 220 Å². The summed E-state index contributed by atoms with van der Waals surface area (Å²) in [6.45, 7) is 4.02. The molecule has 196 valence electrons. The Morgan fingerprint density at radius 2 is 1.47 bits per heavy atom. The van der Waals surface area contributed by atoms with Crippen LogP contribution >= 0.6 is 23.5 Å². The van der Waals surface area contributed by atoms with E-state index >= 15 is 8.78 Å². The van der Waals surface area contributed by atoms with E-state index in [-0.39, 0.29) is 29.4 Å². The van der Waals surface area contributed by atoms with Gasteiger partial charge in [0.15, 0.2) is 23.2 Å². The number of thioether (sulfide) groups is 2. The Kier molecular flexibility index (Phi) is 9.73. The molecule has 0 aromatic heterocycles. The molecular weight excluding hydrogens is 504 g/mol. The van der Waals surface area contributed by atoms with Crippen molar-refractivity contribution in [1.82, 2.24) is 0 Å². The summed E-state index contributed by atoms with van der Waals surface area (Å²) >= 11 is 3.71. The Hall–Kier alpha value is -1.60. The molecule has 1 aliphatic carbocycles. The van der Waals surface area contributed by atoms with Crippen molar-refractivity contribution in [2.24, 2.45) is 11.8 Å². The van der Waals surface area contributed by atoms with E-state index in [1.165, 1.54) is 56.4 Å². The molecule has 2 aromatic rings. The van der Waals surface area contributed by atoms with Gasteiger partial charge in [0.2, 0.25) is 5.82 Å². The lowest BCUT2D eigenvalue weighted by Crippen LogP contribution is -2.26. The second-order valence-electron chi connectivity index (χ2n) is 9.63. The number of allylic oxidation sites excluding steroid dienone is 2. The number of rotatable bonds is 8. The predicted octanol–water partition coefficient (Wildman–Crippen LogP) is 9.36. The van der Waals surface area contributed by atoms with Crippen molar-refractivity contribution >= 4 is 23.5 Å². The van der Waals surface area contributed by atoms with Crippen LogP contribution in [0.3, 0.4) is 0 Å². The van der Waals surface area contributed by atoms with Crippen LogP contribution in [-0.2, 0) is 0 Å². The van der Waals surface area contributed by atoms with Crippen molar-refractivity contribution in [3.8, 4) is 16.9 Å². The van der Waals surface area contributed by atoms with E-state index in [2.05, 4.69) is 19.1 Å². The average molecular weight is 539 g/mol. The first-order chi connectivity index (χ1) is 17.4. The fourth-order valence-corrected chi connectivity index (χ4v) is 8.66. The summed E-state index contributed by atoms with van der Waals surface area (Å²) < 4.78 is 64.7. The zero-order chi connectivity index (χ0) is 25.7. The average Bonchev–Trinajstić information content (AvgIpc) is 2.90. The normalized spacial score (nSPS) is 24.8. The van der Waals surface area contributed by atoms with Gasteiger partial charge < -0.3 is 4.74 Å². The monoisotopic (exact) mass is 538 g/mol. The van der Waals surface area contributed by atoms with Gasteiger partial charge in [-0.15, -0.1) is 23.5 Å². The molecule has 1 aliphatic heterocycles. The number of hydrogen-bond acceptors (Lipinski definition) is 3. The first kappa shape index (κ1) is 27.4. The van der Waals surface area contributed by atoms with E-state index in [0.29, 0.717) is 22.0 Å². The fourth-order valence-electron chi connectivity index (χ4n) is 5.13. The van der Waals surface area contributed by atoms with Gasteiger partial charge in [0, 0.05) is 28.6 Å². The third-order valence-corrected chi connectivity index (χ3v) is 10.6. The molecule has 2 aromatic carbocycles. The Morgan fingerprint density at radius 1 is 0.833 bits per heavy atom. The second-order valence-corrected chi connectivity index (χ2v) is 12.3. The van der Waals surface area contributed by atoms with Gasteiger partial charge in [-0.25, -0.2) is 13.2 Å². The van der Waals surface area contributed by atoms with Crippen LogP contribution in [0.2, 0.25) is 0 Å². The smallest absolute Gasteiger partial charge is 0.201 e. The Bertz CT molecular complexity index is 1060. The van der Waals surface area contributed by atoms with E-state index in [0.717, 1.165) is 17.9 Å². The summed E-state index contributed by atoms with van der Waals surface area (Å²) in [6.07, 6.45) is 12.0. The van der Waals surface area contributed by atoms with Crippen molar-refractivity contribution in [2.45, 2.75) is 62.9 Å². The lowest BCUT2D eigenvalue weighted by Gasteiger charge is -2.36. The number of unbranched alkanes of at least 4 members (excludes halogenated alkanes) is 1. The fraction of sp³-hybridized carbons (Fsp3) is 0.517. The van der Waals surface area contributed by atoms with E-state index in [1.54, 1.807) is 6.92 Å². The largest absolute Gasteiger partial charge is 0.491 e. The van der Waals surface area contributed by atoms with Gasteiger partial charge in [0.25, 0.3) is 0 Å². The third-order valence-electron chi connectivity index (χ3n) is 7.18. The SMILES string of the molecule is CCC/C=C/C1CCC(C2SCC(c3ccc(-c4ccc(OCC)c(F)c4F)c(F)c3F)CS2)CC1. The number of halogens is 4. The highest BCUT2D eigenvalue weighted by molar-refractivity contribution is 8.17. The minimum Gasteiger partial charge on any atom is -0.491 e. The zero-order valence-corrected chi connectivity index (χ0v) is 22.5. The summed E-state index contributed by atoms with van der Waals surface area (Å²) in [5.74, 6) is -2.08. The summed E-state index contributed by atoms with van der Waals surface area (Å²) in [7, 11) is 0. The highest BCUT2D eigenvalue weighted by Gasteiger charge is 2.33. The maximum Gasteiger partial charge on any atom is 0.201 e. The van der Waals surface area contributed by atoms with Crippen molar-refractivity contribution in [3.63, 3.8) is 0 Å². The topological polar surface area (TPSA) is 9.23 Å². The van der Waals surface area contributed by atoms with Crippen molar-refractivity contribution in [1.29, 1.82) is 0 Å². The minimum absolute atomic E-state index is 0.116. The van der Waals surface area contributed by atoms with Gasteiger partial charge >= 0.3 is 0 Å². The van der Waals surface area contributed by atoms with Gasteiger partial charge in [-0.1, -0.05) is 37.6 Å². The maximum absolute atomic E-state index is 15.1. The second kappa shape index (κ2) is 12.8. The van der Waals surface area contributed by atoms with Gasteiger partial charge in [0.1, 0.15) is 0 Å². The van der Waals surface area contributed by atoms with Gasteiger partial charge in [-0.2, -0.15) is 4.39 Å². The zero-order valence-electron chi connectivity index (χ0n) is 20.9. The molecule has 4 rings (SSSR count). The highest BCUT2D eigenvalue weighted by Crippen LogP contribution is 2.47. The molecule has 1 heterocycles. The molecule has 7 heteroatoms. The van der Waals surface area contributed by atoms with Crippen molar-refractivity contribution in [2.75, 3.05) is 18.1 Å². The quantitative estimate of drug-likeness (QED) is 0.245. The highest BCUT2D eigenvalue weighted by atomic mass is 32.2. The van der Waals surface area contributed by atoms with Crippen LogP contribution in [-0.4, -0.2) is 22.7 Å². The molecule has 2 aliphatic rings. The van der Waals surface area contributed by atoms with Gasteiger partial charge in [-0.05, 0) is 68.6 Å². The summed E-state index contributed by atoms with van der Waals surface area (Å²) in [5, 5.41) is 0. The lowest BCUT2D eigenvalue weighted by molar-refractivity contribution is 0.314. The number of ether oxygens (including phenoxy) is 1. The molecule has 0 spiro atoms. The molecule has 0 unspecified atom stereocenters. The molecule has 1 saturated carbocycles. The molecule has 0 atom stereocenters. The van der Waals surface area contributed by atoms with Crippen LogP contribution in [0.4, 0.5) is 17.6 Å². The van der Waals surface area contributed by atoms with E-state index < -0.39 is 23.3 Å². The van der Waals surface area contributed by atoms with Gasteiger partial charge in [0.05, 0.1) is 11.2 Å². The van der Waals surface area contributed by atoms with Crippen LogP contribution in [0.1, 0.15) is 63.9 Å². The third kappa shape index (κ3) is 6.09. The van der Waals surface area contributed by atoms with Crippen LogP contribution in [0, 0.1) is 35.1 Å². The first-order valence-electron chi connectivity index (χ1n) is 12.9. The lowest BCUT2D eigenvalue weighted by atomic mass is 9.82. The molecule has 36 heavy (non-hydrogen) atoms. The molecule has 0 N–H and O–H groups in total. The van der Waals surface area contributed by atoms with Crippen molar-refractivity contribution < 1.29 is 22.3 Å². The first-order valence-corrected chi connectivity index (χ1v) is 15.0. The number of hydrogen-bond donors (Lipinski definition) is 0. The van der Waals surface area contributed by atoms with E-state index in [1.807, 2.05) is 23.5 Å². The number of benzene rings is 2. The molecule has 2 fully saturated rings. The molecule has 1 nitrogen and oxygen atoms in total. The predicted molar refractivity (Wildman–Crippen MR) is 144 cm³/mol. The van der Waals surface area contributed by atoms with E-state index in [4.69, 9.17) is 4.74 Å².